The fourth-order valence-corrected chi connectivity index (χ4v) is 4.08. The number of rotatable bonds is 0. The topological polar surface area (TPSA) is 0 Å². The van der Waals surface area contributed by atoms with E-state index in [2.05, 4.69) is 11.8 Å². The molecule has 2 heterocycles. The molecule has 0 aromatic carbocycles. The third-order valence-corrected chi connectivity index (χ3v) is 4.70. The minimum Gasteiger partial charge on any atom is -0.155 e. The Morgan fingerprint density at radius 1 is 0.636 bits per heavy atom. The van der Waals surface area contributed by atoms with Crippen molar-refractivity contribution in [2.24, 2.45) is 0 Å². The van der Waals surface area contributed by atoms with Crippen LogP contribution in [0.25, 0.3) is 0 Å². The average molecular weight is 170 g/mol. The maximum atomic E-state index is 2.31. The van der Waals surface area contributed by atoms with Crippen molar-refractivity contribution in [1.82, 2.24) is 0 Å². The van der Waals surface area contributed by atoms with Crippen LogP contribution in [0.4, 0.5) is 0 Å². The van der Waals surface area contributed by atoms with E-state index in [1.54, 1.807) is 0 Å². The molecule has 2 unspecified atom stereocenters. The van der Waals surface area contributed by atoms with Crippen LogP contribution in [0.3, 0.4) is 0 Å². The zero-order valence-corrected chi connectivity index (χ0v) is 8.04. The van der Waals surface area contributed by atoms with E-state index in [0.29, 0.717) is 0 Å². The van der Waals surface area contributed by atoms with Crippen LogP contribution in [0, 0.1) is 0 Å². The van der Waals surface area contributed by atoms with Gasteiger partial charge in [-0.2, -0.15) is 11.8 Å². The quantitative estimate of drug-likeness (QED) is 0.535. The molecular weight excluding hydrogens is 152 g/mol. The van der Waals surface area contributed by atoms with Gasteiger partial charge in [0, 0.05) is 10.5 Å². The molecule has 0 aromatic heterocycles. The largest absolute Gasteiger partial charge is 0.155 e. The molecule has 2 rings (SSSR count). The first-order valence-corrected chi connectivity index (χ1v) is 6.05. The lowest BCUT2D eigenvalue weighted by molar-refractivity contribution is 0.493. The van der Waals surface area contributed by atoms with Gasteiger partial charge >= 0.3 is 0 Å². The van der Waals surface area contributed by atoms with Gasteiger partial charge in [-0.15, -0.1) is 0 Å². The number of fused-ring (bicyclic) bond motifs is 2. The standard InChI is InChI=1S/C10H18S/c1-2-5-9-7-4-8-10(11-9)6-3-1/h9-10H,1-8H2. The van der Waals surface area contributed by atoms with Crippen LogP contribution in [0.2, 0.25) is 0 Å². The molecule has 0 radical (unpaired) electrons. The molecule has 0 N–H and O–H groups in total. The Morgan fingerprint density at radius 2 is 1.18 bits per heavy atom. The highest BCUT2D eigenvalue weighted by atomic mass is 32.2. The van der Waals surface area contributed by atoms with Crippen molar-refractivity contribution in [2.45, 2.75) is 61.9 Å². The van der Waals surface area contributed by atoms with Gasteiger partial charge in [-0.25, -0.2) is 0 Å². The number of hydrogen-bond donors (Lipinski definition) is 0. The monoisotopic (exact) mass is 170 g/mol. The zero-order chi connectivity index (χ0) is 7.52. The van der Waals surface area contributed by atoms with Gasteiger partial charge in [0.1, 0.15) is 0 Å². The minimum atomic E-state index is 1.05. The molecule has 2 atom stereocenters. The molecule has 11 heavy (non-hydrogen) atoms. The zero-order valence-electron chi connectivity index (χ0n) is 7.22. The third-order valence-electron chi connectivity index (χ3n) is 2.99. The second kappa shape index (κ2) is 3.84. The van der Waals surface area contributed by atoms with E-state index < -0.39 is 0 Å². The van der Waals surface area contributed by atoms with E-state index in [1.165, 1.54) is 51.4 Å². The lowest BCUT2D eigenvalue weighted by atomic mass is 9.99. The Labute approximate surface area is 74.1 Å². The molecule has 2 aliphatic rings. The molecule has 0 saturated carbocycles. The first kappa shape index (κ1) is 7.97. The smallest absolute Gasteiger partial charge is 0.00498 e. The van der Waals surface area contributed by atoms with Crippen molar-refractivity contribution in [3.05, 3.63) is 0 Å². The van der Waals surface area contributed by atoms with E-state index in [4.69, 9.17) is 0 Å². The summed E-state index contributed by atoms with van der Waals surface area (Å²) in [6, 6.07) is 0. The summed E-state index contributed by atoms with van der Waals surface area (Å²) >= 11 is 2.31. The average Bonchev–Trinajstić information content (AvgIpc) is 2.02. The summed E-state index contributed by atoms with van der Waals surface area (Å²) < 4.78 is 0. The van der Waals surface area contributed by atoms with Gasteiger partial charge in [0.15, 0.2) is 0 Å². The van der Waals surface area contributed by atoms with Crippen molar-refractivity contribution in [3.8, 4) is 0 Å². The predicted octanol–water partition coefficient (Wildman–Crippen LogP) is 3.60. The van der Waals surface area contributed by atoms with Gasteiger partial charge in [0.25, 0.3) is 0 Å². The summed E-state index contributed by atoms with van der Waals surface area (Å²) in [6.07, 6.45) is 12.1. The summed E-state index contributed by atoms with van der Waals surface area (Å²) in [5.41, 5.74) is 0. The Morgan fingerprint density at radius 3 is 1.82 bits per heavy atom. The van der Waals surface area contributed by atoms with Crippen molar-refractivity contribution >= 4 is 11.8 Å². The lowest BCUT2D eigenvalue weighted by Gasteiger charge is -2.30. The molecule has 0 amide bonds. The van der Waals surface area contributed by atoms with Crippen LogP contribution in [0.15, 0.2) is 0 Å². The summed E-state index contributed by atoms with van der Waals surface area (Å²) in [7, 11) is 0. The first-order valence-electron chi connectivity index (χ1n) is 5.10. The van der Waals surface area contributed by atoms with Crippen molar-refractivity contribution in [2.75, 3.05) is 0 Å². The van der Waals surface area contributed by atoms with Crippen LogP contribution in [-0.4, -0.2) is 10.5 Å². The summed E-state index contributed by atoms with van der Waals surface area (Å²) in [4.78, 5) is 0. The van der Waals surface area contributed by atoms with E-state index in [1.807, 2.05) is 0 Å². The maximum absolute atomic E-state index is 2.31. The molecular formula is C10H18S. The van der Waals surface area contributed by atoms with Gasteiger partial charge in [0.05, 0.1) is 0 Å². The predicted molar refractivity (Wildman–Crippen MR) is 52.1 cm³/mol. The molecule has 1 heteroatoms. The molecule has 0 nitrogen and oxygen atoms in total. The molecule has 2 saturated heterocycles. The van der Waals surface area contributed by atoms with Crippen molar-refractivity contribution in [1.29, 1.82) is 0 Å². The second-order valence-corrected chi connectivity index (χ2v) is 5.55. The first-order chi connectivity index (χ1) is 5.45. The highest BCUT2D eigenvalue weighted by Gasteiger charge is 2.23. The summed E-state index contributed by atoms with van der Waals surface area (Å²) in [5.74, 6) is 0. The molecule has 0 spiro atoms. The Bertz CT molecular complexity index is 110. The molecule has 64 valence electrons. The fourth-order valence-electron chi connectivity index (χ4n) is 2.33. The third kappa shape index (κ3) is 2.14. The van der Waals surface area contributed by atoms with Crippen molar-refractivity contribution in [3.63, 3.8) is 0 Å². The minimum absolute atomic E-state index is 1.05. The van der Waals surface area contributed by atoms with Gasteiger partial charge in [-0.1, -0.05) is 25.7 Å². The lowest BCUT2D eigenvalue weighted by Crippen LogP contribution is -2.19. The Hall–Kier alpha value is 0.350. The number of hydrogen-bond acceptors (Lipinski definition) is 1. The molecule has 2 bridgehead atoms. The summed E-state index contributed by atoms with van der Waals surface area (Å²) in [6.45, 7) is 0. The van der Waals surface area contributed by atoms with E-state index in [-0.39, 0.29) is 0 Å². The molecule has 2 aliphatic heterocycles. The van der Waals surface area contributed by atoms with Gasteiger partial charge in [-0.05, 0) is 25.7 Å². The SMILES string of the molecule is C1CCC2CCCC(CC1)S2. The van der Waals surface area contributed by atoms with Crippen LogP contribution in [0.5, 0.6) is 0 Å². The van der Waals surface area contributed by atoms with E-state index in [0.717, 1.165) is 10.5 Å². The van der Waals surface area contributed by atoms with Crippen LogP contribution in [-0.2, 0) is 0 Å². The van der Waals surface area contributed by atoms with Gasteiger partial charge in [-0.3, -0.25) is 0 Å². The van der Waals surface area contributed by atoms with Crippen LogP contribution >= 0.6 is 11.8 Å². The maximum Gasteiger partial charge on any atom is 0.00498 e. The number of thioether (sulfide) groups is 1. The second-order valence-electron chi connectivity index (χ2n) is 3.95. The fraction of sp³-hybridized carbons (Fsp3) is 1.00. The normalized spacial score (nSPS) is 39.3. The van der Waals surface area contributed by atoms with Gasteiger partial charge in [0.2, 0.25) is 0 Å². The van der Waals surface area contributed by atoms with E-state index in [9.17, 15) is 0 Å². The van der Waals surface area contributed by atoms with Crippen LogP contribution in [0.1, 0.15) is 51.4 Å². The Kier molecular flexibility index (Phi) is 2.78. The molecule has 2 fully saturated rings. The van der Waals surface area contributed by atoms with E-state index >= 15 is 0 Å². The van der Waals surface area contributed by atoms with Gasteiger partial charge < -0.3 is 0 Å². The highest BCUT2D eigenvalue weighted by molar-refractivity contribution is 8.00. The highest BCUT2D eigenvalue weighted by Crippen LogP contribution is 2.38. The van der Waals surface area contributed by atoms with Crippen molar-refractivity contribution < 1.29 is 0 Å². The summed E-state index contributed by atoms with van der Waals surface area (Å²) in [5, 5.41) is 2.10. The Balaban J connectivity index is 1.90. The molecule has 0 aliphatic carbocycles. The molecule has 0 aromatic rings. The van der Waals surface area contributed by atoms with Crippen LogP contribution < -0.4 is 0 Å².